The van der Waals surface area contributed by atoms with Gasteiger partial charge in [0.2, 0.25) is 0 Å². The molecular weight excluding hydrogens is 248 g/mol. The number of ether oxygens (including phenoxy) is 1. The van der Waals surface area contributed by atoms with Crippen molar-refractivity contribution in [1.29, 1.82) is 0 Å². The van der Waals surface area contributed by atoms with Crippen LogP contribution in [0.4, 0.5) is 10.5 Å². The summed E-state index contributed by atoms with van der Waals surface area (Å²) in [6, 6.07) is 0. The number of hydrogen-bond donors (Lipinski definition) is 2. The Morgan fingerprint density at radius 2 is 1.79 bits per heavy atom. The molecule has 0 saturated heterocycles. The van der Waals surface area contributed by atoms with Gasteiger partial charge in [0.05, 0.1) is 11.4 Å². The third-order valence-electron chi connectivity index (χ3n) is 2.06. The standard InChI is InChI=1S/C12H18N4O3/c1-6-8(16-11(18)19-12(3,4)5)9(10(13)17)15-7(2)14-6/h1-5H3,(H2,13,17)(H,16,18). The van der Waals surface area contributed by atoms with Crippen LogP contribution >= 0.6 is 0 Å². The Kier molecular flexibility index (Phi) is 4.08. The van der Waals surface area contributed by atoms with Gasteiger partial charge < -0.3 is 10.5 Å². The van der Waals surface area contributed by atoms with Gasteiger partial charge in [0.1, 0.15) is 11.4 Å². The van der Waals surface area contributed by atoms with E-state index in [-0.39, 0.29) is 11.4 Å². The first kappa shape index (κ1) is 14.9. The Morgan fingerprint density at radius 1 is 1.21 bits per heavy atom. The number of carbonyl (C=O) groups is 2. The fourth-order valence-corrected chi connectivity index (χ4v) is 1.45. The minimum absolute atomic E-state index is 0.0316. The van der Waals surface area contributed by atoms with Crippen LogP contribution in [0.2, 0.25) is 0 Å². The van der Waals surface area contributed by atoms with Gasteiger partial charge in [-0.25, -0.2) is 14.8 Å². The summed E-state index contributed by atoms with van der Waals surface area (Å²) in [5.41, 5.74) is 5.18. The summed E-state index contributed by atoms with van der Waals surface area (Å²) in [4.78, 5) is 31.0. The van der Waals surface area contributed by atoms with Crippen LogP contribution in [0.25, 0.3) is 0 Å². The molecule has 2 amide bonds. The molecular formula is C12H18N4O3. The van der Waals surface area contributed by atoms with E-state index in [4.69, 9.17) is 10.5 Å². The molecule has 7 heteroatoms. The Bertz CT molecular complexity index is 520. The van der Waals surface area contributed by atoms with Crippen molar-refractivity contribution in [1.82, 2.24) is 9.97 Å². The smallest absolute Gasteiger partial charge is 0.412 e. The van der Waals surface area contributed by atoms with Crippen LogP contribution in [0.5, 0.6) is 0 Å². The zero-order chi connectivity index (χ0) is 14.8. The average molecular weight is 266 g/mol. The summed E-state index contributed by atoms with van der Waals surface area (Å²) in [7, 11) is 0. The van der Waals surface area contributed by atoms with Gasteiger partial charge >= 0.3 is 6.09 Å². The number of rotatable bonds is 2. The number of nitrogens with two attached hydrogens (primary N) is 1. The van der Waals surface area contributed by atoms with E-state index in [2.05, 4.69) is 15.3 Å². The second kappa shape index (κ2) is 5.21. The zero-order valence-electron chi connectivity index (χ0n) is 11.7. The molecule has 0 aliphatic carbocycles. The molecule has 1 rings (SSSR count). The molecule has 0 fully saturated rings. The molecule has 0 spiro atoms. The van der Waals surface area contributed by atoms with Crippen molar-refractivity contribution >= 4 is 17.7 Å². The van der Waals surface area contributed by atoms with Gasteiger partial charge in [-0.3, -0.25) is 10.1 Å². The topological polar surface area (TPSA) is 107 Å². The van der Waals surface area contributed by atoms with Crippen molar-refractivity contribution in [2.45, 2.75) is 40.2 Å². The fourth-order valence-electron chi connectivity index (χ4n) is 1.45. The van der Waals surface area contributed by atoms with E-state index >= 15 is 0 Å². The number of nitrogens with zero attached hydrogens (tertiary/aromatic N) is 2. The Balaban J connectivity index is 3.07. The van der Waals surface area contributed by atoms with Crippen molar-refractivity contribution in [2.75, 3.05) is 5.32 Å². The lowest BCUT2D eigenvalue weighted by Crippen LogP contribution is -2.29. The first-order chi connectivity index (χ1) is 8.60. The highest BCUT2D eigenvalue weighted by molar-refractivity contribution is 6.00. The number of aromatic nitrogens is 2. The molecule has 3 N–H and O–H groups in total. The second-order valence-corrected chi connectivity index (χ2v) is 5.07. The van der Waals surface area contributed by atoms with E-state index in [1.807, 2.05) is 0 Å². The van der Waals surface area contributed by atoms with Gasteiger partial charge in [0.25, 0.3) is 5.91 Å². The third kappa shape index (κ3) is 4.20. The number of primary amides is 1. The zero-order valence-corrected chi connectivity index (χ0v) is 11.7. The molecule has 0 aromatic carbocycles. The lowest BCUT2D eigenvalue weighted by molar-refractivity contribution is 0.0635. The van der Waals surface area contributed by atoms with Gasteiger partial charge in [-0.15, -0.1) is 0 Å². The maximum absolute atomic E-state index is 11.7. The molecule has 104 valence electrons. The highest BCUT2D eigenvalue weighted by Crippen LogP contribution is 2.18. The van der Waals surface area contributed by atoms with E-state index in [1.165, 1.54) is 0 Å². The van der Waals surface area contributed by atoms with Crippen LogP contribution in [-0.4, -0.2) is 27.6 Å². The quantitative estimate of drug-likeness (QED) is 0.844. The lowest BCUT2D eigenvalue weighted by atomic mass is 10.2. The molecule has 1 aromatic rings. The number of hydrogen-bond acceptors (Lipinski definition) is 5. The molecule has 1 aromatic heterocycles. The van der Waals surface area contributed by atoms with Crippen molar-refractivity contribution in [3.63, 3.8) is 0 Å². The normalized spacial score (nSPS) is 11.0. The van der Waals surface area contributed by atoms with Crippen LogP contribution < -0.4 is 11.1 Å². The van der Waals surface area contributed by atoms with Crippen LogP contribution in [0, 0.1) is 13.8 Å². The van der Waals surface area contributed by atoms with Gasteiger partial charge in [0.15, 0.2) is 5.69 Å². The number of carbonyl (C=O) groups excluding carboxylic acids is 2. The molecule has 0 saturated carbocycles. The van der Waals surface area contributed by atoms with E-state index in [0.29, 0.717) is 11.5 Å². The van der Waals surface area contributed by atoms with E-state index < -0.39 is 17.6 Å². The first-order valence-corrected chi connectivity index (χ1v) is 5.75. The Hall–Kier alpha value is -2.18. The Morgan fingerprint density at radius 3 is 2.26 bits per heavy atom. The van der Waals surface area contributed by atoms with Crippen molar-refractivity contribution in [3.8, 4) is 0 Å². The highest BCUT2D eigenvalue weighted by Gasteiger charge is 2.21. The fraction of sp³-hybridized carbons (Fsp3) is 0.500. The second-order valence-electron chi connectivity index (χ2n) is 5.07. The summed E-state index contributed by atoms with van der Waals surface area (Å²) in [5, 5.41) is 2.46. The molecule has 19 heavy (non-hydrogen) atoms. The van der Waals surface area contributed by atoms with Gasteiger partial charge in [-0.05, 0) is 34.6 Å². The van der Waals surface area contributed by atoms with Crippen molar-refractivity contribution in [3.05, 3.63) is 17.2 Å². The predicted molar refractivity (Wildman–Crippen MR) is 69.9 cm³/mol. The van der Waals surface area contributed by atoms with Crippen LogP contribution in [0.1, 0.15) is 42.8 Å². The van der Waals surface area contributed by atoms with Gasteiger partial charge in [-0.1, -0.05) is 0 Å². The maximum Gasteiger partial charge on any atom is 0.412 e. The molecule has 1 heterocycles. The molecule has 0 atom stereocenters. The number of amides is 2. The van der Waals surface area contributed by atoms with Crippen LogP contribution in [0.15, 0.2) is 0 Å². The molecule has 0 aliphatic rings. The monoisotopic (exact) mass is 266 g/mol. The van der Waals surface area contributed by atoms with E-state index in [9.17, 15) is 9.59 Å². The number of aryl methyl sites for hydroxylation is 2. The minimum Gasteiger partial charge on any atom is -0.444 e. The summed E-state index contributed by atoms with van der Waals surface area (Å²) in [6.45, 7) is 8.49. The van der Waals surface area contributed by atoms with Crippen LogP contribution in [-0.2, 0) is 4.74 Å². The minimum atomic E-state index is -0.736. The molecule has 0 bridgehead atoms. The molecule has 7 nitrogen and oxygen atoms in total. The Labute approximate surface area is 111 Å². The average Bonchev–Trinajstić information content (AvgIpc) is 2.18. The number of nitrogens with one attached hydrogen (secondary N) is 1. The summed E-state index contributed by atoms with van der Waals surface area (Å²) >= 11 is 0. The van der Waals surface area contributed by atoms with E-state index in [1.54, 1.807) is 34.6 Å². The first-order valence-electron chi connectivity index (χ1n) is 5.75. The lowest BCUT2D eigenvalue weighted by Gasteiger charge is -2.20. The predicted octanol–water partition coefficient (Wildman–Crippen LogP) is 1.54. The van der Waals surface area contributed by atoms with Gasteiger partial charge in [0, 0.05) is 0 Å². The van der Waals surface area contributed by atoms with E-state index in [0.717, 1.165) is 0 Å². The summed E-state index contributed by atoms with van der Waals surface area (Å²) in [5.74, 6) is -0.333. The summed E-state index contributed by atoms with van der Waals surface area (Å²) < 4.78 is 5.10. The van der Waals surface area contributed by atoms with Gasteiger partial charge in [-0.2, -0.15) is 0 Å². The summed E-state index contributed by atoms with van der Waals surface area (Å²) in [6.07, 6.45) is -0.689. The maximum atomic E-state index is 11.7. The molecule has 0 aliphatic heterocycles. The molecule has 0 unspecified atom stereocenters. The SMILES string of the molecule is Cc1nc(C)c(NC(=O)OC(C)(C)C)c(C(N)=O)n1. The van der Waals surface area contributed by atoms with Crippen LogP contribution in [0.3, 0.4) is 0 Å². The highest BCUT2D eigenvalue weighted by atomic mass is 16.6. The largest absolute Gasteiger partial charge is 0.444 e. The van der Waals surface area contributed by atoms with Crippen molar-refractivity contribution in [2.24, 2.45) is 5.73 Å². The number of anilines is 1. The molecule has 0 radical (unpaired) electrons. The third-order valence-corrected chi connectivity index (χ3v) is 2.06. The van der Waals surface area contributed by atoms with Crippen molar-refractivity contribution < 1.29 is 14.3 Å².